The summed E-state index contributed by atoms with van der Waals surface area (Å²) in [6.45, 7) is 7.29. The third-order valence-corrected chi connectivity index (χ3v) is 9.13. The monoisotopic (exact) mass is 659 g/mol. The summed E-state index contributed by atoms with van der Waals surface area (Å²) in [4.78, 5) is 52.0. The Hall–Kier alpha value is -3.51. The van der Waals surface area contributed by atoms with Crippen LogP contribution in [-0.2, 0) is 33.4 Å². The first-order chi connectivity index (χ1) is 21.8. The van der Waals surface area contributed by atoms with Crippen molar-refractivity contribution in [2.24, 2.45) is 17.3 Å². The van der Waals surface area contributed by atoms with E-state index in [9.17, 15) is 19.2 Å². The molecule has 2 aliphatic heterocycles. The summed E-state index contributed by atoms with van der Waals surface area (Å²) < 4.78 is 27.9. The van der Waals surface area contributed by atoms with Crippen molar-refractivity contribution in [3.63, 3.8) is 0 Å². The summed E-state index contributed by atoms with van der Waals surface area (Å²) in [7, 11) is 4.42. The van der Waals surface area contributed by atoms with E-state index in [1.54, 1.807) is 32.4 Å². The first-order valence-corrected chi connectivity index (χ1v) is 15.7. The maximum atomic E-state index is 14.8. The number of ketones is 1. The fourth-order valence-corrected chi connectivity index (χ4v) is 6.96. The molecule has 2 unspecified atom stereocenters. The van der Waals surface area contributed by atoms with E-state index < -0.39 is 23.4 Å². The van der Waals surface area contributed by atoms with Crippen LogP contribution in [0.4, 0.5) is 5.69 Å². The summed E-state index contributed by atoms with van der Waals surface area (Å²) in [5.74, 6) is -0.962. The molecule has 4 rings (SSSR count). The second kappa shape index (κ2) is 14.5. The van der Waals surface area contributed by atoms with Crippen LogP contribution in [-0.4, -0.2) is 82.8 Å². The number of benzene rings is 2. The highest BCUT2D eigenvalue weighted by molar-refractivity contribution is 6.30. The summed E-state index contributed by atoms with van der Waals surface area (Å²) >= 11 is 6.63. The predicted molar refractivity (Wildman–Crippen MR) is 171 cm³/mol. The highest BCUT2D eigenvalue weighted by atomic mass is 35.5. The van der Waals surface area contributed by atoms with Gasteiger partial charge in [-0.3, -0.25) is 14.4 Å². The van der Waals surface area contributed by atoms with Crippen molar-refractivity contribution in [1.82, 2.24) is 9.60 Å². The second-order valence-electron chi connectivity index (χ2n) is 12.7. The number of esters is 2. The number of fused-ring (bicyclic) bond motifs is 1. The summed E-state index contributed by atoms with van der Waals surface area (Å²) in [6, 6.07) is 10.8. The molecule has 46 heavy (non-hydrogen) atoms. The number of ether oxygens (including phenoxy) is 5. The molecule has 2 heterocycles. The summed E-state index contributed by atoms with van der Waals surface area (Å²) in [5.41, 5.74) is 1.20. The van der Waals surface area contributed by atoms with Gasteiger partial charge in [0.05, 0.1) is 38.9 Å². The van der Waals surface area contributed by atoms with Gasteiger partial charge in [-0.1, -0.05) is 37.6 Å². The molecule has 1 fully saturated rings. The maximum absolute atomic E-state index is 14.8. The van der Waals surface area contributed by atoms with Crippen LogP contribution in [0.5, 0.6) is 11.5 Å². The van der Waals surface area contributed by atoms with E-state index in [-0.39, 0.29) is 60.9 Å². The van der Waals surface area contributed by atoms with Gasteiger partial charge in [0.25, 0.3) is 0 Å². The van der Waals surface area contributed by atoms with Crippen molar-refractivity contribution in [3.8, 4) is 11.5 Å². The van der Waals surface area contributed by atoms with Crippen LogP contribution in [0, 0.1) is 17.3 Å². The molecule has 0 N–H and O–H groups in total. The lowest BCUT2D eigenvalue weighted by molar-refractivity contribution is -0.165. The number of methoxy groups -OCH3 is 3. The normalized spacial score (nSPS) is 23.6. The second-order valence-corrected chi connectivity index (χ2v) is 13.1. The number of piperidine rings is 1. The van der Waals surface area contributed by atoms with Gasteiger partial charge in [-0.25, -0.2) is 4.79 Å². The highest BCUT2D eigenvalue weighted by Gasteiger charge is 2.55. The molecule has 4 atom stereocenters. The number of hydrogen-bond donors (Lipinski definition) is 0. The average molecular weight is 660 g/mol. The van der Waals surface area contributed by atoms with Crippen LogP contribution in [0.1, 0.15) is 57.8 Å². The number of quaternary nitrogens is 1. The van der Waals surface area contributed by atoms with Crippen molar-refractivity contribution in [2.75, 3.05) is 54.2 Å². The molecule has 0 aromatic heterocycles. The van der Waals surface area contributed by atoms with Gasteiger partial charge in [0.2, 0.25) is 0 Å². The number of amides is 1. The van der Waals surface area contributed by atoms with E-state index in [4.69, 9.17) is 35.3 Å². The van der Waals surface area contributed by atoms with E-state index in [2.05, 4.69) is 0 Å². The number of nitrogens with zero attached hydrogens (tertiary/aromatic N) is 2. The van der Waals surface area contributed by atoms with Gasteiger partial charge in [0, 0.05) is 42.5 Å². The molecule has 0 saturated carbocycles. The van der Waals surface area contributed by atoms with Crippen molar-refractivity contribution in [1.29, 1.82) is 0 Å². The summed E-state index contributed by atoms with van der Waals surface area (Å²) in [5, 5.41) is 2.44. The average Bonchev–Trinajstić information content (AvgIpc) is 3.13. The van der Waals surface area contributed by atoms with Crippen LogP contribution >= 0.6 is 11.6 Å². The number of Topliss-reactive ketones (excluding diaryl/α,β-unsaturated/α-hetero) is 1. The Balaban J connectivity index is 1.94. The van der Waals surface area contributed by atoms with Crippen molar-refractivity contribution < 1.29 is 42.9 Å². The Morgan fingerprint density at radius 1 is 1.07 bits per heavy atom. The molecule has 2 aromatic carbocycles. The molecule has 12 heteroatoms. The lowest BCUT2D eigenvalue weighted by Crippen LogP contribution is -2.71. The minimum atomic E-state index is -0.764. The van der Waals surface area contributed by atoms with Crippen LogP contribution < -0.4 is 14.1 Å². The fraction of sp³-hybridized carbons (Fsp3) is 0.529. The maximum Gasteiger partial charge on any atom is 0.363 e. The van der Waals surface area contributed by atoms with E-state index in [1.807, 2.05) is 37.1 Å². The Kier molecular flexibility index (Phi) is 11.1. The van der Waals surface area contributed by atoms with Gasteiger partial charge in [0.1, 0.15) is 25.0 Å². The van der Waals surface area contributed by atoms with Gasteiger partial charge >= 0.3 is 17.8 Å². The predicted octanol–water partition coefficient (Wildman–Crippen LogP) is 4.91. The number of para-hydroxylation sites is 1. The van der Waals surface area contributed by atoms with Crippen molar-refractivity contribution in [3.05, 3.63) is 52.5 Å². The quantitative estimate of drug-likeness (QED) is 0.243. The zero-order valence-corrected chi connectivity index (χ0v) is 28.3. The van der Waals surface area contributed by atoms with Gasteiger partial charge in [-0.05, 0) is 37.5 Å². The Labute approximate surface area is 275 Å². The van der Waals surface area contributed by atoms with E-state index in [0.717, 1.165) is 0 Å². The lowest BCUT2D eigenvalue weighted by atomic mass is 9.81. The zero-order chi connectivity index (χ0) is 33.8. The van der Waals surface area contributed by atoms with Gasteiger partial charge in [-0.2, -0.15) is 0 Å². The van der Waals surface area contributed by atoms with E-state index in [1.165, 1.54) is 21.0 Å². The smallest absolute Gasteiger partial charge is 0.363 e. The molecule has 11 nitrogen and oxygen atoms in total. The van der Waals surface area contributed by atoms with Crippen LogP contribution in [0.3, 0.4) is 0 Å². The molecule has 2 aromatic rings. The topological polar surface area (TPSA) is 118 Å². The third-order valence-electron chi connectivity index (χ3n) is 8.89. The van der Waals surface area contributed by atoms with Crippen LogP contribution in [0.25, 0.3) is 0 Å². The number of hydrogen-bond acceptors (Lipinski definition) is 10. The Morgan fingerprint density at radius 2 is 1.80 bits per heavy atom. The molecular weight excluding hydrogens is 616 g/mol. The highest BCUT2D eigenvalue weighted by Crippen LogP contribution is 2.48. The summed E-state index contributed by atoms with van der Waals surface area (Å²) in [6.07, 6.45) is -0.179. The van der Waals surface area contributed by atoms with Gasteiger partial charge in [-0.15, -0.1) is 9.60 Å². The molecule has 0 radical (unpaired) electrons. The third kappa shape index (κ3) is 7.22. The molecular formula is C34H44ClN2O9+. The first-order valence-electron chi connectivity index (χ1n) is 15.3. The molecule has 0 bridgehead atoms. The zero-order valence-electron chi connectivity index (χ0n) is 27.6. The van der Waals surface area contributed by atoms with E-state index >= 15 is 0 Å². The van der Waals surface area contributed by atoms with Crippen molar-refractivity contribution >= 4 is 40.9 Å². The van der Waals surface area contributed by atoms with Crippen LogP contribution in [0.2, 0.25) is 5.02 Å². The fourth-order valence-electron chi connectivity index (χ4n) is 6.77. The molecule has 0 aliphatic carbocycles. The first kappa shape index (κ1) is 35.3. The van der Waals surface area contributed by atoms with E-state index in [0.29, 0.717) is 46.3 Å². The standard InChI is InChI=1S/C34H44ClN2O9/c1-21(38)27-17-36(14-13-23(27)15-31(41)43-6)37(19-34(3,4)20-46-22(2)39)28-12-11-24(35)16-26(28)32(45-18-30(37)40)25-9-8-10-29(42-5)33(25)44-7/h8-12,16,23,27,32H,13-15,17-20H2,1-7H3/q+1/t23?,27-,32-,37?/m1/s1. The molecule has 0 spiro atoms. The molecule has 2 aliphatic rings. The minimum absolute atomic E-state index is 0.0570. The SMILES string of the molecule is COC(=O)CC1CCN([N+]2(CC(C)(C)COC(C)=O)C(=O)CO[C@H](c3cccc(OC)c3OC)c3cc(Cl)ccc32)C[C@@H]1C(C)=O. The Morgan fingerprint density at radius 3 is 2.43 bits per heavy atom. The number of halogens is 1. The molecule has 250 valence electrons. The van der Waals surface area contributed by atoms with Crippen LogP contribution in [0.15, 0.2) is 36.4 Å². The van der Waals surface area contributed by atoms with Gasteiger partial charge < -0.3 is 23.7 Å². The Bertz CT molecular complexity index is 1480. The lowest BCUT2D eigenvalue weighted by Gasteiger charge is -2.49. The number of carbonyl (C=O) groups excluding carboxylic acids is 4. The van der Waals surface area contributed by atoms with Crippen molar-refractivity contribution in [2.45, 2.75) is 46.6 Å². The molecule has 1 saturated heterocycles. The largest absolute Gasteiger partial charge is 0.493 e. The number of rotatable bonds is 11. The minimum Gasteiger partial charge on any atom is -0.493 e. The molecule has 1 amide bonds. The number of carbonyl (C=O) groups is 4. The van der Waals surface area contributed by atoms with Gasteiger partial charge in [0.15, 0.2) is 23.8 Å².